The van der Waals surface area contributed by atoms with E-state index in [9.17, 15) is 4.39 Å². The molecule has 1 aliphatic carbocycles. The normalized spacial score (nSPS) is 15.7. The second-order valence-corrected chi connectivity index (χ2v) is 6.30. The molecule has 0 radical (unpaired) electrons. The van der Waals surface area contributed by atoms with Crippen molar-refractivity contribution >= 4 is 11.8 Å². The van der Waals surface area contributed by atoms with Crippen molar-refractivity contribution in [2.24, 2.45) is 0 Å². The minimum absolute atomic E-state index is 0.212. The molecule has 2 aromatic rings. The predicted molar refractivity (Wildman–Crippen MR) is 93.5 cm³/mol. The highest BCUT2D eigenvalue weighted by molar-refractivity contribution is 5.38. The van der Waals surface area contributed by atoms with Crippen LogP contribution >= 0.6 is 0 Å². The molecule has 0 bridgehead atoms. The summed E-state index contributed by atoms with van der Waals surface area (Å²) in [6.07, 6.45) is 10.1. The number of benzene rings is 1. The van der Waals surface area contributed by atoms with E-state index in [1.807, 2.05) is 0 Å². The summed E-state index contributed by atoms with van der Waals surface area (Å²) in [6, 6.07) is 7.02. The molecule has 128 valence electrons. The fraction of sp³-hybridized carbons (Fsp3) is 0.500. The quantitative estimate of drug-likeness (QED) is 0.789. The van der Waals surface area contributed by atoms with Crippen LogP contribution in [0.3, 0.4) is 0 Å². The van der Waals surface area contributed by atoms with Gasteiger partial charge in [0.15, 0.2) is 5.82 Å². The topological polar surface area (TPSA) is 62.7 Å². The second kappa shape index (κ2) is 8.57. The van der Waals surface area contributed by atoms with Gasteiger partial charge < -0.3 is 10.6 Å². The van der Waals surface area contributed by atoms with Crippen molar-refractivity contribution < 1.29 is 4.39 Å². The van der Waals surface area contributed by atoms with E-state index in [0.717, 1.165) is 17.8 Å². The smallest absolute Gasteiger partial charge is 0.244 e. The first-order valence-electron chi connectivity index (χ1n) is 8.74. The van der Waals surface area contributed by atoms with Crippen LogP contribution in [0.2, 0.25) is 0 Å². The molecule has 0 spiro atoms. The van der Waals surface area contributed by atoms with Crippen LogP contribution in [0.15, 0.2) is 30.5 Å². The Labute approximate surface area is 142 Å². The highest BCUT2D eigenvalue weighted by Gasteiger charge is 2.13. The van der Waals surface area contributed by atoms with Crippen LogP contribution in [0.5, 0.6) is 0 Å². The van der Waals surface area contributed by atoms with Crippen molar-refractivity contribution in [2.45, 2.75) is 51.0 Å². The lowest BCUT2D eigenvalue weighted by Crippen LogP contribution is -2.20. The molecule has 24 heavy (non-hydrogen) atoms. The molecular weight excluding hydrogens is 305 g/mol. The molecule has 0 amide bonds. The van der Waals surface area contributed by atoms with E-state index in [-0.39, 0.29) is 5.82 Å². The Balaban J connectivity index is 1.50. The summed E-state index contributed by atoms with van der Waals surface area (Å²) in [6.45, 7) is 0.681. The average molecular weight is 329 g/mol. The number of halogens is 1. The number of nitrogens with one attached hydrogen (secondary N) is 2. The monoisotopic (exact) mass is 329 g/mol. The molecule has 3 rings (SSSR count). The maximum atomic E-state index is 12.9. The molecule has 1 aliphatic rings. The van der Waals surface area contributed by atoms with Crippen molar-refractivity contribution in [3.63, 3.8) is 0 Å². The number of hydrogen-bond acceptors (Lipinski definition) is 5. The summed E-state index contributed by atoms with van der Waals surface area (Å²) in [4.78, 5) is 4.49. The van der Waals surface area contributed by atoms with Gasteiger partial charge in [0, 0.05) is 12.6 Å². The van der Waals surface area contributed by atoms with Crippen LogP contribution in [-0.2, 0) is 6.42 Å². The lowest BCUT2D eigenvalue weighted by Gasteiger charge is -2.16. The molecule has 1 aromatic carbocycles. The molecule has 0 aliphatic heterocycles. The largest absolute Gasteiger partial charge is 0.366 e. The van der Waals surface area contributed by atoms with E-state index in [1.54, 1.807) is 18.3 Å². The lowest BCUT2D eigenvalue weighted by atomic mass is 10.1. The SMILES string of the molecule is Fc1ccc(CCNc2nncc(NC3CCCCCC3)n2)cc1. The molecule has 0 saturated heterocycles. The Morgan fingerprint density at radius 1 is 1.04 bits per heavy atom. The van der Waals surface area contributed by atoms with Gasteiger partial charge in [-0.05, 0) is 37.0 Å². The van der Waals surface area contributed by atoms with Crippen molar-refractivity contribution in [1.29, 1.82) is 0 Å². The van der Waals surface area contributed by atoms with Gasteiger partial charge in [0.1, 0.15) is 5.82 Å². The van der Waals surface area contributed by atoms with E-state index in [2.05, 4.69) is 25.8 Å². The molecule has 6 heteroatoms. The van der Waals surface area contributed by atoms with Crippen molar-refractivity contribution in [3.05, 3.63) is 41.8 Å². The summed E-state index contributed by atoms with van der Waals surface area (Å²) in [5.74, 6) is 1.09. The highest BCUT2D eigenvalue weighted by Crippen LogP contribution is 2.20. The van der Waals surface area contributed by atoms with Gasteiger partial charge in [0.05, 0.1) is 6.20 Å². The first-order valence-corrected chi connectivity index (χ1v) is 8.74. The number of anilines is 2. The Bertz CT molecular complexity index is 624. The Hall–Kier alpha value is -2.24. The molecule has 1 fully saturated rings. The maximum Gasteiger partial charge on any atom is 0.244 e. The fourth-order valence-corrected chi connectivity index (χ4v) is 3.05. The van der Waals surface area contributed by atoms with E-state index < -0.39 is 0 Å². The maximum absolute atomic E-state index is 12.9. The van der Waals surface area contributed by atoms with E-state index in [0.29, 0.717) is 18.5 Å². The second-order valence-electron chi connectivity index (χ2n) is 6.30. The van der Waals surface area contributed by atoms with E-state index in [1.165, 1.54) is 50.7 Å². The molecule has 1 aromatic heterocycles. The molecule has 5 nitrogen and oxygen atoms in total. The van der Waals surface area contributed by atoms with Crippen LogP contribution in [-0.4, -0.2) is 27.8 Å². The summed E-state index contributed by atoms with van der Waals surface area (Å²) >= 11 is 0. The Morgan fingerprint density at radius 3 is 2.54 bits per heavy atom. The number of aromatic nitrogens is 3. The molecule has 2 N–H and O–H groups in total. The number of nitrogens with zero attached hydrogens (tertiary/aromatic N) is 3. The van der Waals surface area contributed by atoms with Crippen LogP contribution < -0.4 is 10.6 Å². The van der Waals surface area contributed by atoms with Crippen molar-refractivity contribution in [1.82, 2.24) is 15.2 Å². The summed E-state index contributed by atoms with van der Waals surface area (Å²) < 4.78 is 12.9. The minimum atomic E-state index is -0.212. The van der Waals surface area contributed by atoms with Crippen LogP contribution in [0, 0.1) is 5.82 Å². The first kappa shape index (κ1) is 16.6. The predicted octanol–water partition coefficient (Wildman–Crippen LogP) is 3.80. The van der Waals surface area contributed by atoms with Gasteiger partial charge in [-0.25, -0.2) is 4.39 Å². The molecule has 1 heterocycles. The van der Waals surface area contributed by atoms with E-state index in [4.69, 9.17) is 0 Å². The van der Waals surface area contributed by atoms with Gasteiger partial charge in [0.2, 0.25) is 5.95 Å². The molecular formula is C18H24FN5. The third-order valence-electron chi connectivity index (χ3n) is 4.38. The summed E-state index contributed by atoms with van der Waals surface area (Å²) in [7, 11) is 0. The van der Waals surface area contributed by atoms with Gasteiger partial charge in [-0.2, -0.15) is 10.1 Å². The van der Waals surface area contributed by atoms with Crippen molar-refractivity contribution in [3.8, 4) is 0 Å². The minimum Gasteiger partial charge on any atom is -0.366 e. The molecule has 0 unspecified atom stereocenters. The Morgan fingerprint density at radius 2 is 1.79 bits per heavy atom. The van der Waals surface area contributed by atoms with Gasteiger partial charge in [-0.1, -0.05) is 37.8 Å². The third kappa shape index (κ3) is 5.15. The molecule has 0 atom stereocenters. The molecule has 1 saturated carbocycles. The summed E-state index contributed by atoms with van der Waals surface area (Å²) in [5.41, 5.74) is 1.07. The zero-order valence-electron chi connectivity index (χ0n) is 13.8. The van der Waals surface area contributed by atoms with Gasteiger partial charge in [0.25, 0.3) is 0 Å². The fourth-order valence-electron chi connectivity index (χ4n) is 3.05. The number of rotatable bonds is 6. The summed E-state index contributed by atoms with van der Waals surface area (Å²) in [5, 5.41) is 14.7. The van der Waals surface area contributed by atoms with Gasteiger partial charge >= 0.3 is 0 Å². The van der Waals surface area contributed by atoms with Crippen LogP contribution in [0.25, 0.3) is 0 Å². The zero-order chi connectivity index (χ0) is 16.6. The highest BCUT2D eigenvalue weighted by atomic mass is 19.1. The third-order valence-corrected chi connectivity index (χ3v) is 4.38. The van der Waals surface area contributed by atoms with Crippen molar-refractivity contribution in [2.75, 3.05) is 17.2 Å². The van der Waals surface area contributed by atoms with Crippen LogP contribution in [0.4, 0.5) is 16.2 Å². The number of hydrogen-bond donors (Lipinski definition) is 2. The standard InChI is InChI=1S/C18H24FN5/c19-15-9-7-14(8-10-15)11-12-20-18-23-17(13-21-24-18)22-16-5-3-1-2-4-6-16/h7-10,13,16H,1-6,11-12H2,(H2,20,22,23,24). The van der Waals surface area contributed by atoms with Gasteiger partial charge in [-0.3, -0.25) is 0 Å². The van der Waals surface area contributed by atoms with Crippen LogP contribution in [0.1, 0.15) is 44.1 Å². The van der Waals surface area contributed by atoms with E-state index >= 15 is 0 Å². The first-order chi connectivity index (χ1) is 11.8. The lowest BCUT2D eigenvalue weighted by molar-refractivity contribution is 0.616. The average Bonchev–Trinajstić information content (AvgIpc) is 2.86. The Kier molecular flexibility index (Phi) is 5.93. The van der Waals surface area contributed by atoms with Gasteiger partial charge in [-0.15, -0.1) is 5.10 Å². The zero-order valence-corrected chi connectivity index (χ0v) is 13.8.